The van der Waals surface area contributed by atoms with Gasteiger partial charge in [0.05, 0.1) is 11.8 Å². The summed E-state index contributed by atoms with van der Waals surface area (Å²) in [5.41, 5.74) is 0.256. The van der Waals surface area contributed by atoms with Gasteiger partial charge in [-0.2, -0.15) is 0 Å². The number of carbonyl (C=O) groups excluding carboxylic acids is 2. The van der Waals surface area contributed by atoms with Crippen molar-refractivity contribution in [3.05, 3.63) is 24.0 Å². The molecule has 0 saturated carbocycles. The Morgan fingerprint density at radius 2 is 1.89 bits per heavy atom. The van der Waals surface area contributed by atoms with E-state index < -0.39 is 0 Å². The molecule has 6 nitrogen and oxygen atoms in total. The van der Waals surface area contributed by atoms with E-state index in [2.05, 4.69) is 4.98 Å². The standard InChI is InChI=1S/C13H17N3O3/c1-10(17)15-5-2-6-16(8-7-15)13(19)11-3-4-14-9-12(11)18/h3-4,9,18H,2,5-8H2,1H3. The van der Waals surface area contributed by atoms with Crippen molar-refractivity contribution in [2.75, 3.05) is 26.2 Å². The Hall–Kier alpha value is -2.11. The monoisotopic (exact) mass is 263 g/mol. The van der Waals surface area contributed by atoms with Crippen LogP contribution in [0.25, 0.3) is 0 Å². The highest BCUT2D eigenvalue weighted by molar-refractivity contribution is 5.96. The van der Waals surface area contributed by atoms with E-state index in [-0.39, 0.29) is 23.1 Å². The Balaban J connectivity index is 2.08. The van der Waals surface area contributed by atoms with Crippen LogP contribution in [0, 0.1) is 0 Å². The molecule has 0 aromatic carbocycles. The molecule has 1 fully saturated rings. The first-order valence-corrected chi connectivity index (χ1v) is 6.27. The topological polar surface area (TPSA) is 73.7 Å². The maximum atomic E-state index is 12.3. The second-order valence-corrected chi connectivity index (χ2v) is 4.54. The molecular weight excluding hydrogens is 246 g/mol. The molecule has 1 saturated heterocycles. The van der Waals surface area contributed by atoms with Crippen molar-refractivity contribution in [1.29, 1.82) is 0 Å². The lowest BCUT2D eigenvalue weighted by Crippen LogP contribution is -2.36. The highest BCUT2D eigenvalue weighted by atomic mass is 16.3. The van der Waals surface area contributed by atoms with Crippen molar-refractivity contribution in [3.8, 4) is 5.75 Å². The Bertz CT molecular complexity index is 490. The van der Waals surface area contributed by atoms with Crippen molar-refractivity contribution in [1.82, 2.24) is 14.8 Å². The fourth-order valence-corrected chi connectivity index (χ4v) is 2.17. The predicted octanol–water partition coefficient (Wildman–Crippen LogP) is 0.482. The van der Waals surface area contributed by atoms with Crippen molar-refractivity contribution in [3.63, 3.8) is 0 Å². The first-order valence-electron chi connectivity index (χ1n) is 6.27. The maximum Gasteiger partial charge on any atom is 0.257 e. The number of amides is 2. The Morgan fingerprint density at radius 3 is 2.58 bits per heavy atom. The molecule has 1 N–H and O–H groups in total. The molecule has 1 aliphatic rings. The van der Waals surface area contributed by atoms with Crippen molar-refractivity contribution >= 4 is 11.8 Å². The lowest BCUT2D eigenvalue weighted by molar-refractivity contribution is -0.128. The Morgan fingerprint density at radius 1 is 1.21 bits per heavy atom. The highest BCUT2D eigenvalue weighted by Crippen LogP contribution is 2.17. The normalized spacial score (nSPS) is 16.1. The van der Waals surface area contributed by atoms with E-state index in [9.17, 15) is 14.7 Å². The number of rotatable bonds is 1. The highest BCUT2D eigenvalue weighted by Gasteiger charge is 2.22. The molecule has 2 amide bonds. The van der Waals surface area contributed by atoms with E-state index in [1.165, 1.54) is 25.4 Å². The van der Waals surface area contributed by atoms with Crippen LogP contribution in [0.1, 0.15) is 23.7 Å². The van der Waals surface area contributed by atoms with E-state index in [1.807, 2.05) is 0 Å². The molecule has 102 valence electrons. The third-order valence-corrected chi connectivity index (χ3v) is 3.26. The molecule has 0 bridgehead atoms. The predicted molar refractivity (Wildman–Crippen MR) is 68.7 cm³/mol. The lowest BCUT2D eigenvalue weighted by atomic mass is 10.2. The van der Waals surface area contributed by atoms with Gasteiger partial charge in [-0.1, -0.05) is 0 Å². The van der Waals surface area contributed by atoms with Gasteiger partial charge in [0.15, 0.2) is 0 Å². The quantitative estimate of drug-likeness (QED) is 0.800. The number of pyridine rings is 1. The van der Waals surface area contributed by atoms with Crippen LogP contribution in [-0.4, -0.2) is 57.9 Å². The third-order valence-electron chi connectivity index (χ3n) is 3.26. The molecule has 2 heterocycles. The summed E-state index contributed by atoms with van der Waals surface area (Å²) in [7, 11) is 0. The second-order valence-electron chi connectivity index (χ2n) is 4.54. The molecule has 0 radical (unpaired) electrons. The number of aromatic nitrogens is 1. The van der Waals surface area contributed by atoms with E-state index in [0.717, 1.165) is 6.42 Å². The zero-order valence-electron chi connectivity index (χ0n) is 10.9. The van der Waals surface area contributed by atoms with Crippen LogP contribution in [0.3, 0.4) is 0 Å². The molecule has 1 aromatic heterocycles. The van der Waals surface area contributed by atoms with Gasteiger partial charge < -0.3 is 14.9 Å². The molecule has 6 heteroatoms. The van der Waals surface area contributed by atoms with Crippen LogP contribution in [0.4, 0.5) is 0 Å². The molecule has 0 atom stereocenters. The number of aromatic hydroxyl groups is 1. The molecule has 2 rings (SSSR count). The minimum absolute atomic E-state index is 0.0288. The van der Waals surface area contributed by atoms with Gasteiger partial charge in [-0.15, -0.1) is 0 Å². The zero-order chi connectivity index (χ0) is 13.8. The zero-order valence-corrected chi connectivity index (χ0v) is 10.9. The van der Waals surface area contributed by atoms with Crippen molar-refractivity contribution < 1.29 is 14.7 Å². The summed E-state index contributed by atoms with van der Waals surface area (Å²) in [6, 6.07) is 1.51. The van der Waals surface area contributed by atoms with Gasteiger partial charge in [-0.3, -0.25) is 14.6 Å². The van der Waals surface area contributed by atoms with E-state index in [4.69, 9.17) is 0 Å². The molecule has 1 aromatic rings. The molecule has 0 aliphatic carbocycles. The van der Waals surface area contributed by atoms with Crippen LogP contribution < -0.4 is 0 Å². The minimum Gasteiger partial charge on any atom is -0.505 e. The molecule has 0 unspecified atom stereocenters. The average Bonchev–Trinajstić information content (AvgIpc) is 2.64. The summed E-state index contributed by atoms with van der Waals surface area (Å²) in [4.78, 5) is 30.8. The van der Waals surface area contributed by atoms with Gasteiger partial charge in [-0.25, -0.2) is 0 Å². The van der Waals surface area contributed by atoms with Gasteiger partial charge in [0.25, 0.3) is 5.91 Å². The summed E-state index contributed by atoms with van der Waals surface area (Å²) in [6.07, 6.45) is 3.48. The van der Waals surface area contributed by atoms with Crippen LogP contribution in [0.5, 0.6) is 5.75 Å². The molecule has 1 aliphatic heterocycles. The van der Waals surface area contributed by atoms with Gasteiger partial charge in [0.2, 0.25) is 5.91 Å². The number of hydrogen-bond acceptors (Lipinski definition) is 4. The first kappa shape index (κ1) is 13.3. The molecule has 0 spiro atoms. The van der Waals surface area contributed by atoms with Gasteiger partial charge >= 0.3 is 0 Å². The summed E-state index contributed by atoms with van der Waals surface area (Å²) in [5.74, 6) is -0.300. The first-order chi connectivity index (χ1) is 9.09. The van der Waals surface area contributed by atoms with E-state index >= 15 is 0 Å². The van der Waals surface area contributed by atoms with Gasteiger partial charge in [-0.05, 0) is 12.5 Å². The largest absolute Gasteiger partial charge is 0.505 e. The van der Waals surface area contributed by atoms with Crippen LogP contribution in [0.15, 0.2) is 18.5 Å². The van der Waals surface area contributed by atoms with Gasteiger partial charge in [0.1, 0.15) is 5.75 Å². The number of carbonyl (C=O) groups is 2. The summed E-state index contributed by atoms with van der Waals surface area (Å²) in [6.45, 7) is 3.81. The van der Waals surface area contributed by atoms with Gasteiger partial charge in [0, 0.05) is 39.3 Å². The summed E-state index contributed by atoms with van der Waals surface area (Å²) in [5, 5.41) is 9.65. The average molecular weight is 263 g/mol. The lowest BCUT2D eigenvalue weighted by Gasteiger charge is -2.21. The van der Waals surface area contributed by atoms with E-state index in [1.54, 1.807) is 9.80 Å². The fourth-order valence-electron chi connectivity index (χ4n) is 2.17. The van der Waals surface area contributed by atoms with Crippen molar-refractivity contribution in [2.24, 2.45) is 0 Å². The van der Waals surface area contributed by atoms with Crippen LogP contribution in [0.2, 0.25) is 0 Å². The Labute approximate surface area is 111 Å². The fraction of sp³-hybridized carbons (Fsp3) is 0.462. The summed E-state index contributed by atoms with van der Waals surface area (Å²) >= 11 is 0. The minimum atomic E-state index is -0.217. The maximum absolute atomic E-state index is 12.3. The summed E-state index contributed by atoms with van der Waals surface area (Å²) < 4.78 is 0. The molecular formula is C13H17N3O3. The number of hydrogen-bond donors (Lipinski definition) is 1. The number of nitrogens with zero attached hydrogens (tertiary/aromatic N) is 3. The molecule has 19 heavy (non-hydrogen) atoms. The third kappa shape index (κ3) is 3.01. The SMILES string of the molecule is CC(=O)N1CCCN(C(=O)c2ccncc2O)CC1. The van der Waals surface area contributed by atoms with Crippen LogP contribution >= 0.6 is 0 Å². The smallest absolute Gasteiger partial charge is 0.257 e. The van der Waals surface area contributed by atoms with Crippen molar-refractivity contribution in [2.45, 2.75) is 13.3 Å². The van der Waals surface area contributed by atoms with Crippen LogP contribution in [-0.2, 0) is 4.79 Å². The van der Waals surface area contributed by atoms with E-state index in [0.29, 0.717) is 26.2 Å². The second kappa shape index (κ2) is 5.69. The Kier molecular flexibility index (Phi) is 3.99.